The van der Waals surface area contributed by atoms with Gasteiger partial charge in [-0.2, -0.15) is 26.3 Å². The first-order valence-electron chi connectivity index (χ1n) is 19.6. The van der Waals surface area contributed by atoms with Crippen molar-refractivity contribution in [1.82, 2.24) is 0 Å². The molecule has 22 heteroatoms. The van der Waals surface area contributed by atoms with Crippen molar-refractivity contribution in [2.75, 3.05) is 6.61 Å². The van der Waals surface area contributed by atoms with Gasteiger partial charge in [0.15, 0.2) is 6.29 Å². The number of ether oxygens (including phenoxy) is 4. The minimum Gasteiger partial charge on any atom is -0.462 e. The maximum absolute atomic E-state index is 12.8. The van der Waals surface area contributed by atoms with Gasteiger partial charge >= 0.3 is 18.3 Å². The second-order valence-corrected chi connectivity index (χ2v) is 16.2. The van der Waals surface area contributed by atoms with Gasteiger partial charge in [-0.15, -0.1) is 24.0 Å². The Bertz CT molecular complexity index is 1150. The van der Waals surface area contributed by atoms with Crippen LogP contribution in [-0.2, 0) is 44.2 Å². The number of carbonyl (C=O) groups excluding carboxylic acids is 1. The molecule has 4 fully saturated rings. The number of halogens is 7. The SMILES string of the molecule is CCC1OC(=O)C(C)C(C)C1C.CCC1OC(O)(C(F)(F)F)C(C)C(C)C1C.CCC1OC(O)C(C)C(C)C1C.I.O.O.OCC1OC(O)(C(F)(F)F)C(O)C(O)C1O.[Pd]. The van der Waals surface area contributed by atoms with E-state index in [0.717, 1.165) is 12.8 Å². The van der Waals surface area contributed by atoms with Gasteiger partial charge in [-0.3, -0.25) is 4.79 Å². The first-order valence-corrected chi connectivity index (χ1v) is 19.6. The number of hydrogen-bond acceptors (Lipinski definition) is 12. The second-order valence-electron chi connectivity index (χ2n) is 16.2. The zero-order valence-electron chi connectivity index (χ0n) is 36.3. The Balaban J connectivity index is -0.000000344. The van der Waals surface area contributed by atoms with Crippen LogP contribution in [0.3, 0.4) is 0 Å². The minimum atomic E-state index is -5.37. The molecule has 19 atom stereocenters. The summed E-state index contributed by atoms with van der Waals surface area (Å²) < 4.78 is 95.3. The average molecular weight is 1100 g/mol. The molecule has 14 nitrogen and oxygen atoms in total. The number of aliphatic hydroxyl groups is 7. The molecule has 11 N–H and O–H groups in total. The van der Waals surface area contributed by atoms with E-state index in [-0.39, 0.29) is 97.2 Å². The fourth-order valence-corrected chi connectivity index (χ4v) is 7.56. The van der Waals surface area contributed by atoms with Crippen LogP contribution in [0.2, 0.25) is 0 Å². The molecule has 4 rings (SSSR count). The van der Waals surface area contributed by atoms with E-state index >= 15 is 0 Å². The first kappa shape index (κ1) is 66.6. The normalized spacial score (nSPS) is 42.8. The number of carbonyl (C=O) groups is 1. The van der Waals surface area contributed by atoms with E-state index in [0.29, 0.717) is 30.1 Å². The fraction of sp³-hybridized carbons (Fsp3) is 0.974. The van der Waals surface area contributed by atoms with Gasteiger partial charge in [-0.25, -0.2) is 0 Å². The summed E-state index contributed by atoms with van der Waals surface area (Å²) in [4.78, 5) is 11.3. The summed E-state index contributed by atoms with van der Waals surface area (Å²) in [7, 11) is 0. The number of aliphatic hydroxyl groups excluding tert-OH is 5. The summed E-state index contributed by atoms with van der Waals surface area (Å²) >= 11 is 0. The molecule has 0 aromatic heterocycles. The standard InChI is InChI=1S/C11H19F3O2.C10H20O2.C10H18O2.C7H11F3O6.HI.2H2O.Pd/c1-5-9-7(3)6(2)8(4)10(15,16-9)11(12,13)14;2*1-5-9-7(3)6(2)8(4)10(11)12-9;8-7(9,10)6(15)5(14)4(13)3(12)2(1-11)16-6;;;;/h6-9,15H,5H2,1-4H3;6-11H,5H2,1-4H3;6-9H,5H2,1-4H3;2-5,11-15H,1H2;1H;2*1H2;. The van der Waals surface area contributed by atoms with Crippen molar-refractivity contribution in [3.8, 4) is 0 Å². The van der Waals surface area contributed by atoms with E-state index < -0.39 is 73.3 Å². The second kappa shape index (κ2) is 26.8. The summed E-state index contributed by atoms with van der Waals surface area (Å²) in [6, 6.07) is 0. The molecule has 60 heavy (non-hydrogen) atoms. The smallest absolute Gasteiger partial charge is 0.446 e. The van der Waals surface area contributed by atoms with Crippen LogP contribution in [0.5, 0.6) is 0 Å². The van der Waals surface area contributed by atoms with Gasteiger partial charge < -0.3 is 65.6 Å². The molecule has 4 aliphatic rings. The zero-order chi connectivity index (χ0) is 44.0. The molecule has 0 radical (unpaired) electrons. The number of esters is 1. The quantitative estimate of drug-likeness (QED) is 0.0917. The molecule has 0 bridgehead atoms. The van der Waals surface area contributed by atoms with Crippen LogP contribution in [0.1, 0.15) is 102 Å². The van der Waals surface area contributed by atoms with E-state index in [1.807, 2.05) is 13.8 Å². The number of hydrogen-bond donors (Lipinski definition) is 7. The Labute approximate surface area is 380 Å². The fourth-order valence-electron chi connectivity index (χ4n) is 7.56. The molecule has 4 heterocycles. The van der Waals surface area contributed by atoms with Crippen molar-refractivity contribution in [2.45, 2.75) is 175 Å². The van der Waals surface area contributed by atoms with E-state index in [1.54, 1.807) is 13.8 Å². The van der Waals surface area contributed by atoms with Gasteiger partial charge in [-0.05, 0) is 54.8 Å². The predicted molar refractivity (Wildman–Crippen MR) is 214 cm³/mol. The Morgan fingerprint density at radius 2 is 0.983 bits per heavy atom. The Morgan fingerprint density at radius 1 is 0.583 bits per heavy atom. The maximum Gasteiger partial charge on any atom is 0.446 e. The van der Waals surface area contributed by atoms with Crippen molar-refractivity contribution >= 4 is 29.9 Å². The van der Waals surface area contributed by atoms with Crippen LogP contribution < -0.4 is 0 Å². The van der Waals surface area contributed by atoms with Gasteiger partial charge in [0, 0.05) is 32.3 Å². The van der Waals surface area contributed by atoms with Crippen LogP contribution in [0.25, 0.3) is 0 Å². The van der Waals surface area contributed by atoms with E-state index in [9.17, 15) is 41.4 Å². The molecule has 0 saturated carbocycles. The van der Waals surface area contributed by atoms with E-state index in [1.165, 1.54) is 6.92 Å². The van der Waals surface area contributed by atoms with Gasteiger partial charge in [-0.1, -0.05) is 83.1 Å². The summed E-state index contributed by atoms with van der Waals surface area (Å²) in [5, 5.41) is 64.2. The first-order chi connectivity index (χ1) is 25.4. The van der Waals surface area contributed by atoms with Crippen molar-refractivity contribution in [1.29, 1.82) is 0 Å². The Kier molecular flexibility index (Phi) is 29.7. The molecule has 0 spiro atoms. The molecule has 4 aliphatic heterocycles. The van der Waals surface area contributed by atoms with Crippen LogP contribution in [-0.4, -0.2) is 132 Å². The Morgan fingerprint density at radius 3 is 1.38 bits per heavy atom. The number of cyclic esters (lactones) is 1. The van der Waals surface area contributed by atoms with Crippen molar-refractivity contribution < 1.29 is 117 Å². The van der Waals surface area contributed by atoms with Crippen LogP contribution >= 0.6 is 24.0 Å². The van der Waals surface area contributed by atoms with Crippen LogP contribution in [0.4, 0.5) is 26.3 Å². The maximum atomic E-state index is 12.8. The summed E-state index contributed by atoms with van der Waals surface area (Å²) in [5.74, 6) is -5.79. The monoisotopic (exact) mass is 1100 g/mol. The van der Waals surface area contributed by atoms with Crippen molar-refractivity contribution in [2.24, 2.45) is 53.3 Å². The predicted octanol–water partition coefficient (Wildman–Crippen LogP) is 3.88. The molecule has 0 amide bonds. The average Bonchev–Trinajstić information content (AvgIpc) is 3.13. The Hall–Kier alpha value is -0.0377. The summed E-state index contributed by atoms with van der Waals surface area (Å²) in [5.41, 5.74) is 0. The van der Waals surface area contributed by atoms with Crippen LogP contribution in [0.15, 0.2) is 0 Å². The minimum absolute atomic E-state index is 0. The third-order valence-electron chi connectivity index (χ3n) is 13.0. The topological polar surface area (TPSA) is 259 Å². The van der Waals surface area contributed by atoms with Gasteiger partial charge in [0.2, 0.25) is 0 Å². The number of alkyl halides is 6. The number of rotatable bonds is 4. The molecular formula is C38H73F6IO14Pd. The molecule has 368 valence electrons. The van der Waals surface area contributed by atoms with Gasteiger partial charge in [0.1, 0.15) is 30.5 Å². The third-order valence-corrected chi connectivity index (χ3v) is 13.0. The largest absolute Gasteiger partial charge is 0.462 e. The molecular weight excluding hydrogens is 1030 g/mol. The summed E-state index contributed by atoms with van der Waals surface area (Å²) in [6.07, 6.45) is -17.2. The van der Waals surface area contributed by atoms with E-state index in [2.05, 4.69) is 53.2 Å². The molecule has 0 aromatic carbocycles. The molecule has 0 aliphatic carbocycles. The van der Waals surface area contributed by atoms with Crippen molar-refractivity contribution in [3.63, 3.8) is 0 Å². The third kappa shape index (κ3) is 15.0. The molecule has 0 aromatic rings. The van der Waals surface area contributed by atoms with Gasteiger partial charge in [0.05, 0.1) is 24.7 Å². The van der Waals surface area contributed by atoms with Gasteiger partial charge in [0.25, 0.3) is 11.6 Å². The molecule has 19 unspecified atom stereocenters. The van der Waals surface area contributed by atoms with E-state index in [4.69, 9.17) is 39.7 Å². The zero-order valence-corrected chi connectivity index (χ0v) is 40.2. The molecule has 4 saturated heterocycles. The van der Waals surface area contributed by atoms with Crippen LogP contribution in [0, 0.1) is 53.3 Å². The van der Waals surface area contributed by atoms with Crippen molar-refractivity contribution in [3.05, 3.63) is 0 Å². The summed E-state index contributed by atoms with van der Waals surface area (Å²) in [6.45, 7) is 22.6.